The van der Waals surface area contributed by atoms with Gasteiger partial charge in [0, 0.05) is 10.6 Å². The standard InChI is InChI=1S/C14H11ClN8O/c1-8(16-11-6-7-12-18-21-22-23(12)19-11)13-17-14(24-20-13)9-2-4-10(15)5-3-9/h2-8H,1H3,(H,16,19). The number of hydrogen-bond donors (Lipinski definition) is 1. The number of nitrogens with one attached hydrogen (secondary N) is 1. The van der Waals surface area contributed by atoms with Gasteiger partial charge >= 0.3 is 0 Å². The lowest BCUT2D eigenvalue weighted by Gasteiger charge is -2.09. The highest BCUT2D eigenvalue weighted by Gasteiger charge is 2.15. The third-order valence-electron chi connectivity index (χ3n) is 3.35. The average Bonchev–Trinajstić information content (AvgIpc) is 3.24. The Kier molecular flexibility index (Phi) is 3.54. The second-order valence-electron chi connectivity index (χ2n) is 5.08. The lowest BCUT2D eigenvalue weighted by molar-refractivity contribution is 0.419. The summed E-state index contributed by atoms with van der Waals surface area (Å²) in [5.41, 5.74) is 1.37. The molecule has 1 unspecified atom stereocenters. The van der Waals surface area contributed by atoms with Gasteiger partial charge in [-0.1, -0.05) is 16.8 Å². The highest BCUT2D eigenvalue weighted by molar-refractivity contribution is 6.30. The molecule has 120 valence electrons. The van der Waals surface area contributed by atoms with E-state index in [4.69, 9.17) is 16.1 Å². The van der Waals surface area contributed by atoms with Crippen LogP contribution in [0, 0.1) is 0 Å². The Morgan fingerprint density at radius 1 is 1.17 bits per heavy atom. The van der Waals surface area contributed by atoms with E-state index in [0.717, 1.165) is 5.56 Å². The highest BCUT2D eigenvalue weighted by atomic mass is 35.5. The Morgan fingerprint density at radius 2 is 2.00 bits per heavy atom. The van der Waals surface area contributed by atoms with E-state index in [2.05, 4.69) is 36.1 Å². The molecular formula is C14H11ClN8O. The molecule has 3 aromatic heterocycles. The zero-order chi connectivity index (χ0) is 16.5. The van der Waals surface area contributed by atoms with Crippen molar-refractivity contribution in [1.29, 1.82) is 0 Å². The van der Waals surface area contributed by atoms with Crippen LogP contribution < -0.4 is 5.32 Å². The van der Waals surface area contributed by atoms with Gasteiger partial charge in [0.1, 0.15) is 5.82 Å². The van der Waals surface area contributed by atoms with Gasteiger partial charge in [0.05, 0.1) is 6.04 Å². The van der Waals surface area contributed by atoms with Gasteiger partial charge in [-0.15, -0.1) is 14.8 Å². The lowest BCUT2D eigenvalue weighted by Crippen LogP contribution is -2.11. The molecule has 0 bridgehead atoms. The first kappa shape index (κ1) is 14.5. The Bertz CT molecular complexity index is 980. The van der Waals surface area contributed by atoms with Crippen molar-refractivity contribution in [3.8, 4) is 11.5 Å². The average molecular weight is 343 g/mol. The maximum Gasteiger partial charge on any atom is 0.257 e. The molecule has 4 aromatic rings. The van der Waals surface area contributed by atoms with Crippen molar-refractivity contribution in [3.05, 3.63) is 47.2 Å². The van der Waals surface area contributed by atoms with Crippen LogP contribution in [0.2, 0.25) is 5.02 Å². The molecule has 0 saturated heterocycles. The SMILES string of the molecule is CC(Nc1ccc2nnnn2n1)c1noc(-c2ccc(Cl)cc2)n1. The molecule has 0 aliphatic heterocycles. The minimum absolute atomic E-state index is 0.212. The van der Waals surface area contributed by atoms with Gasteiger partial charge in [-0.2, -0.15) is 4.98 Å². The first-order valence-electron chi connectivity index (χ1n) is 7.10. The van der Waals surface area contributed by atoms with Crippen LogP contribution in [-0.4, -0.2) is 35.4 Å². The summed E-state index contributed by atoms with van der Waals surface area (Å²) in [6, 6.07) is 10.5. The molecule has 0 saturated carbocycles. The summed E-state index contributed by atoms with van der Waals surface area (Å²) in [6.45, 7) is 1.90. The zero-order valence-electron chi connectivity index (χ0n) is 12.5. The predicted octanol–water partition coefficient (Wildman–Crippen LogP) is 2.40. The summed E-state index contributed by atoms with van der Waals surface area (Å²) < 4.78 is 6.64. The Labute approximate surface area is 140 Å². The molecule has 0 amide bonds. The van der Waals surface area contributed by atoms with E-state index < -0.39 is 0 Å². The highest BCUT2D eigenvalue weighted by Crippen LogP contribution is 2.22. The molecule has 0 aliphatic carbocycles. The fourth-order valence-corrected chi connectivity index (χ4v) is 2.26. The van der Waals surface area contributed by atoms with Gasteiger partial charge in [-0.25, -0.2) is 0 Å². The molecule has 1 N–H and O–H groups in total. The minimum Gasteiger partial charge on any atom is -0.359 e. The van der Waals surface area contributed by atoms with Crippen LogP contribution in [0.25, 0.3) is 17.1 Å². The molecule has 9 nitrogen and oxygen atoms in total. The molecule has 1 atom stereocenters. The molecule has 4 rings (SSSR count). The number of hydrogen-bond acceptors (Lipinski definition) is 8. The smallest absolute Gasteiger partial charge is 0.257 e. The fourth-order valence-electron chi connectivity index (χ4n) is 2.13. The quantitative estimate of drug-likeness (QED) is 0.602. The number of halogens is 1. The van der Waals surface area contributed by atoms with E-state index in [1.54, 1.807) is 24.3 Å². The van der Waals surface area contributed by atoms with E-state index >= 15 is 0 Å². The van der Waals surface area contributed by atoms with Crippen molar-refractivity contribution in [3.63, 3.8) is 0 Å². The number of benzene rings is 1. The third kappa shape index (κ3) is 2.76. The van der Waals surface area contributed by atoms with Crippen molar-refractivity contribution >= 4 is 23.1 Å². The van der Waals surface area contributed by atoms with Gasteiger partial charge < -0.3 is 9.84 Å². The lowest BCUT2D eigenvalue weighted by atomic mass is 10.2. The largest absolute Gasteiger partial charge is 0.359 e. The van der Waals surface area contributed by atoms with Crippen molar-refractivity contribution in [2.75, 3.05) is 5.32 Å². The van der Waals surface area contributed by atoms with Crippen LogP contribution in [0.3, 0.4) is 0 Å². The fraction of sp³-hybridized carbons (Fsp3) is 0.143. The molecule has 0 radical (unpaired) electrons. The first-order chi connectivity index (χ1) is 11.7. The molecule has 1 aromatic carbocycles. The van der Waals surface area contributed by atoms with Crippen molar-refractivity contribution in [1.82, 2.24) is 35.4 Å². The van der Waals surface area contributed by atoms with E-state index in [1.807, 2.05) is 19.1 Å². The Hall–Kier alpha value is -3.07. The number of rotatable bonds is 4. The number of nitrogens with zero attached hydrogens (tertiary/aromatic N) is 7. The van der Waals surface area contributed by atoms with E-state index in [-0.39, 0.29) is 6.04 Å². The molecule has 0 fully saturated rings. The van der Waals surface area contributed by atoms with E-state index in [9.17, 15) is 0 Å². The zero-order valence-corrected chi connectivity index (χ0v) is 13.2. The molecular weight excluding hydrogens is 332 g/mol. The number of anilines is 1. The van der Waals surface area contributed by atoms with Crippen molar-refractivity contribution in [2.45, 2.75) is 13.0 Å². The maximum atomic E-state index is 5.88. The third-order valence-corrected chi connectivity index (χ3v) is 3.61. The number of tetrazole rings is 1. The summed E-state index contributed by atoms with van der Waals surface area (Å²) in [4.78, 5) is 4.40. The van der Waals surface area contributed by atoms with Gasteiger partial charge in [-0.05, 0) is 53.7 Å². The monoisotopic (exact) mass is 342 g/mol. The second kappa shape index (κ2) is 5.85. The Morgan fingerprint density at radius 3 is 2.83 bits per heavy atom. The van der Waals surface area contributed by atoms with Crippen LogP contribution in [0.15, 0.2) is 40.9 Å². The molecule has 0 spiro atoms. The van der Waals surface area contributed by atoms with Crippen LogP contribution in [-0.2, 0) is 0 Å². The van der Waals surface area contributed by atoms with Crippen molar-refractivity contribution in [2.24, 2.45) is 0 Å². The number of aromatic nitrogens is 7. The predicted molar refractivity (Wildman–Crippen MR) is 85.4 cm³/mol. The molecule has 24 heavy (non-hydrogen) atoms. The molecule has 3 heterocycles. The topological polar surface area (TPSA) is 107 Å². The number of fused-ring (bicyclic) bond motifs is 1. The van der Waals surface area contributed by atoms with Crippen LogP contribution in [0.4, 0.5) is 5.82 Å². The summed E-state index contributed by atoms with van der Waals surface area (Å²) in [6.07, 6.45) is 0. The van der Waals surface area contributed by atoms with E-state index in [0.29, 0.717) is 28.2 Å². The molecule has 0 aliphatic rings. The Balaban J connectivity index is 1.54. The molecule has 10 heteroatoms. The second-order valence-corrected chi connectivity index (χ2v) is 5.51. The van der Waals surface area contributed by atoms with Gasteiger partial charge in [0.15, 0.2) is 11.5 Å². The first-order valence-corrected chi connectivity index (χ1v) is 7.48. The van der Waals surface area contributed by atoms with Gasteiger partial charge in [-0.3, -0.25) is 0 Å². The van der Waals surface area contributed by atoms with Crippen LogP contribution >= 0.6 is 11.6 Å². The van der Waals surface area contributed by atoms with Gasteiger partial charge in [0.2, 0.25) is 0 Å². The van der Waals surface area contributed by atoms with Crippen LogP contribution in [0.5, 0.6) is 0 Å². The van der Waals surface area contributed by atoms with E-state index in [1.165, 1.54) is 4.63 Å². The van der Waals surface area contributed by atoms with Crippen molar-refractivity contribution < 1.29 is 4.52 Å². The summed E-state index contributed by atoms with van der Waals surface area (Å²) in [5, 5.41) is 23.2. The maximum absolute atomic E-state index is 5.88. The minimum atomic E-state index is -0.212. The summed E-state index contributed by atoms with van der Waals surface area (Å²) in [7, 11) is 0. The summed E-state index contributed by atoms with van der Waals surface area (Å²) >= 11 is 5.88. The van der Waals surface area contributed by atoms with Gasteiger partial charge in [0.25, 0.3) is 5.89 Å². The summed E-state index contributed by atoms with van der Waals surface area (Å²) in [5.74, 6) is 1.54. The normalized spacial score (nSPS) is 12.4. The van der Waals surface area contributed by atoms with Crippen LogP contribution in [0.1, 0.15) is 18.8 Å².